The normalized spacial score (nSPS) is 16.9. The first kappa shape index (κ1) is 17.6. The Hall–Kier alpha value is -3.48. The predicted molar refractivity (Wildman–Crippen MR) is 110 cm³/mol. The maximum Gasteiger partial charge on any atom is 0.226 e. The SMILES string of the molecule is CCOc1ccc([C@H]2C3=C(Nc4ncnn42)c2cc(C)ccc2OC3)cc1OC. The molecule has 0 saturated carbocycles. The first-order valence-electron chi connectivity index (χ1n) is 9.63. The number of rotatable bonds is 4. The number of fused-ring (bicyclic) bond motifs is 3. The Bertz CT molecular complexity index is 1120. The van der Waals surface area contributed by atoms with Gasteiger partial charge in [0.25, 0.3) is 0 Å². The lowest BCUT2D eigenvalue weighted by atomic mass is 9.91. The molecule has 3 heterocycles. The predicted octanol–water partition coefficient (Wildman–Crippen LogP) is 3.81. The molecule has 29 heavy (non-hydrogen) atoms. The van der Waals surface area contributed by atoms with Gasteiger partial charge in [0.2, 0.25) is 5.95 Å². The molecule has 0 aliphatic carbocycles. The Morgan fingerprint density at radius 1 is 1.21 bits per heavy atom. The van der Waals surface area contributed by atoms with E-state index in [2.05, 4.69) is 34.5 Å². The summed E-state index contributed by atoms with van der Waals surface area (Å²) >= 11 is 0. The maximum atomic E-state index is 6.09. The van der Waals surface area contributed by atoms with Crippen molar-refractivity contribution in [1.29, 1.82) is 0 Å². The van der Waals surface area contributed by atoms with Crippen LogP contribution in [0.5, 0.6) is 17.2 Å². The van der Waals surface area contributed by atoms with E-state index < -0.39 is 0 Å². The molecule has 0 amide bonds. The van der Waals surface area contributed by atoms with Crippen molar-refractivity contribution in [3.8, 4) is 17.2 Å². The highest BCUT2D eigenvalue weighted by molar-refractivity contribution is 5.84. The Labute approximate surface area is 168 Å². The Morgan fingerprint density at radius 2 is 2.10 bits per heavy atom. The number of anilines is 1. The van der Waals surface area contributed by atoms with Crippen LogP contribution < -0.4 is 19.5 Å². The first-order valence-corrected chi connectivity index (χ1v) is 9.63. The quantitative estimate of drug-likeness (QED) is 0.730. The third-order valence-corrected chi connectivity index (χ3v) is 5.30. The summed E-state index contributed by atoms with van der Waals surface area (Å²) in [4.78, 5) is 4.42. The molecule has 5 rings (SSSR count). The van der Waals surface area contributed by atoms with E-state index in [0.29, 0.717) is 24.9 Å². The highest BCUT2D eigenvalue weighted by Crippen LogP contribution is 2.44. The van der Waals surface area contributed by atoms with Crippen molar-refractivity contribution in [3.63, 3.8) is 0 Å². The number of hydrogen-bond donors (Lipinski definition) is 1. The van der Waals surface area contributed by atoms with Crippen molar-refractivity contribution in [1.82, 2.24) is 14.8 Å². The summed E-state index contributed by atoms with van der Waals surface area (Å²) in [5, 5.41) is 7.93. The molecule has 0 bridgehead atoms. The van der Waals surface area contributed by atoms with Crippen molar-refractivity contribution >= 4 is 11.6 Å². The summed E-state index contributed by atoms with van der Waals surface area (Å²) < 4.78 is 19.2. The van der Waals surface area contributed by atoms with Crippen molar-refractivity contribution < 1.29 is 14.2 Å². The van der Waals surface area contributed by atoms with Crippen LogP contribution in [-0.4, -0.2) is 35.1 Å². The smallest absolute Gasteiger partial charge is 0.226 e. The van der Waals surface area contributed by atoms with Gasteiger partial charge in [-0.3, -0.25) is 0 Å². The summed E-state index contributed by atoms with van der Waals surface area (Å²) in [5.41, 5.74) is 5.39. The van der Waals surface area contributed by atoms with Crippen LogP contribution in [0.4, 0.5) is 5.95 Å². The lowest BCUT2D eigenvalue weighted by molar-refractivity contribution is 0.309. The fourth-order valence-corrected chi connectivity index (χ4v) is 3.99. The zero-order valence-electron chi connectivity index (χ0n) is 16.6. The van der Waals surface area contributed by atoms with Crippen LogP contribution in [0.1, 0.15) is 29.7 Å². The number of aryl methyl sites for hydroxylation is 1. The fourth-order valence-electron chi connectivity index (χ4n) is 3.99. The van der Waals surface area contributed by atoms with Gasteiger partial charge >= 0.3 is 0 Å². The second-order valence-electron chi connectivity index (χ2n) is 7.09. The van der Waals surface area contributed by atoms with Gasteiger partial charge in [-0.25, -0.2) is 4.68 Å². The number of ether oxygens (including phenoxy) is 3. The monoisotopic (exact) mass is 390 g/mol. The van der Waals surface area contributed by atoms with Gasteiger partial charge in [0.15, 0.2) is 11.5 Å². The third kappa shape index (κ3) is 2.81. The number of methoxy groups -OCH3 is 1. The number of benzene rings is 2. The van der Waals surface area contributed by atoms with Crippen LogP contribution in [-0.2, 0) is 0 Å². The largest absolute Gasteiger partial charge is 0.493 e. The van der Waals surface area contributed by atoms with Crippen LogP contribution in [0.25, 0.3) is 5.70 Å². The van der Waals surface area contributed by atoms with E-state index in [0.717, 1.165) is 33.9 Å². The number of nitrogens with one attached hydrogen (secondary N) is 1. The van der Waals surface area contributed by atoms with E-state index >= 15 is 0 Å². The Kier molecular flexibility index (Phi) is 4.16. The summed E-state index contributed by atoms with van der Waals surface area (Å²) in [6, 6.07) is 12.1. The van der Waals surface area contributed by atoms with E-state index in [1.165, 1.54) is 5.56 Å². The number of hydrogen-bond acceptors (Lipinski definition) is 6. The molecule has 2 aromatic carbocycles. The Balaban J connectivity index is 1.68. The second-order valence-corrected chi connectivity index (χ2v) is 7.09. The van der Waals surface area contributed by atoms with Gasteiger partial charge in [-0.1, -0.05) is 17.7 Å². The maximum absolute atomic E-state index is 6.09. The molecular formula is C22H22N4O3. The second kappa shape index (κ2) is 6.84. The van der Waals surface area contributed by atoms with E-state index in [-0.39, 0.29) is 6.04 Å². The van der Waals surface area contributed by atoms with Crippen molar-refractivity contribution in [2.24, 2.45) is 0 Å². The highest BCUT2D eigenvalue weighted by atomic mass is 16.5. The summed E-state index contributed by atoms with van der Waals surface area (Å²) in [6.45, 7) is 5.08. The van der Waals surface area contributed by atoms with E-state index in [4.69, 9.17) is 14.2 Å². The lowest BCUT2D eigenvalue weighted by Gasteiger charge is -2.34. The van der Waals surface area contributed by atoms with Crippen LogP contribution in [0.3, 0.4) is 0 Å². The zero-order valence-corrected chi connectivity index (χ0v) is 16.6. The van der Waals surface area contributed by atoms with Crippen LogP contribution in [0.15, 0.2) is 48.3 Å². The summed E-state index contributed by atoms with van der Waals surface area (Å²) in [7, 11) is 1.65. The standard InChI is InChI=1S/C22H22N4O3/c1-4-28-18-8-6-14(10-19(18)27-3)21-16-11-29-17-7-5-13(2)9-15(17)20(16)25-22-23-12-24-26(21)22/h5-10,12,21H,4,11H2,1-3H3,(H,23,24,25)/t21-/m0/s1. The molecule has 7 nitrogen and oxygen atoms in total. The molecule has 7 heteroatoms. The van der Waals surface area contributed by atoms with Gasteiger partial charge in [-0.15, -0.1) is 0 Å². The van der Waals surface area contributed by atoms with Gasteiger partial charge in [0.05, 0.1) is 19.4 Å². The molecule has 0 radical (unpaired) electrons. The molecule has 1 aromatic heterocycles. The topological polar surface area (TPSA) is 70.4 Å². The van der Waals surface area contributed by atoms with Gasteiger partial charge in [-0.05, 0) is 43.7 Å². The van der Waals surface area contributed by atoms with Gasteiger partial charge < -0.3 is 19.5 Å². The molecule has 2 aliphatic heterocycles. The third-order valence-electron chi connectivity index (χ3n) is 5.30. The fraction of sp³-hybridized carbons (Fsp3) is 0.273. The Morgan fingerprint density at radius 3 is 2.93 bits per heavy atom. The van der Waals surface area contributed by atoms with Crippen LogP contribution >= 0.6 is 0 Å². The zero-order chi connectivity index (χ0) is 20.0. The number of nitrogens with zero attached hydrogens (tertiary/aromatic N) is 3. The molecule has 0 saturated heterocycles. The van der Waals surface area contributed by atoms with E-state index in [9.17, 15) is 0 Å². The van der Waals surface area contributed by atoms with E-state index in [1.54, 1.807) is 13.4 Å². The molecule has 1 N–H and O–H groups in total. The minimum Gasteiger partial charge on any atom is -0.493 e. The molecule has 0 fully saturated rings. The molecule has 148 valence electrons. The molecular weight excluding hydrogens is 368 g/mol. The van der Waals surface area contributed by atoms with E-state index in [1.807, 2.05) is 35.9 Å². The number of aromatic nitrogens is 3. The summed E-state index contributed by atoms with van der Waals surface area (Å²) in [5.74, 6) is 3.00. The molecule has 2 aliphatic rings. The lowest BCUT2D eigenvalue weighted by Crippen LogP contribution is -2.30. The minimum atomic E-state index is -0.151. The van der Waals surface area contributed by atoms with Gasteiger partial charge in [0.1, 0.15) is 24.7 Å². The highest BCUT2D eigenvalue weighted by Gasteiger charge is 2.35. The molecule has 0 unspecified atom stereocenters. The van der Waals surface area contributed by atoms with Crippen LogP contribution in [0, 0.1) is 6.92 Å². The molecule has 1 atom stereocenters. The average Bonchev–Trinajstić information content (AvgIpc) is 3.21. The molecule has 3 aromatic rings. The van der Waals surface area contributed by atoms with Crippen molar-refractivity contribution in [2.45, 2.75) is 19.9 Å². The summed E-state index contributed by atoms with van der Waals surface area (Å²) in [6.07, 6.45) is 1.57. The van der Waals surface area contributed by atoms with Crippen molar-refractivity contribution in [2.75, 3.05) is 25.6 Å². The van der Waals surface area contributed by atoms with Gasteiger partial charge in [-0.2, -0.15) is 10.1 Å². The van der Waals surface area contributed by atoms with Crippen LogP contribution in [0.2, 0.25) is 0 Å². The van der Waals surface area contributed by atoms with Gasteiger partial charge in [0, 0.05) is 11.1 Å². The molecule has 0 spiro atoms. The van der Waals surface area contributed by atoms with Crippen molar-refractivity contribution in [3.05, 3.63) is 65.0 Å². The first-order chi connectivity index (χ1) is 14.2. The average molecular weight is 390 g/mol. The minimum absolute atomic E-state index is 0.151.